The number of fused-ring (bicyclic) bond motifs is 1. The van der Waals surface area contributed by atoms with Crippen LogP contribution in [0.5, 0.6) is 0 Å². The molecule has 2 saturated heterocycles. The van der Waals surface area contributed by atoms with Gasteiger partial charge in [0.1, 0.15) is 0 Å². The number of nitrogens with zero attached hydrogens (tertiary/aromatic N) is 3. The molecule has 4 nitrogen and oxygen atoms in total. The lowest BCUT2D eigenvalue weighted by Gasteiger charge is -2.56. The van der Waals surface area contributed by atoms with Crippen molar-refractivity contribution in [3.63, 3.8) is 0 Å². The first-order valence-electron chi connectivity index (χ1n) is 10.5. The minimum absolute atomic E-state index is 0.200. The number of aliphatic hydroxyl groups is 1. The normalized spacial score (nSPS) is 31.0. The molecule has 0 bridgehead atoms. The van der Waals surface area contributed by atoms with E-state index >= 15 is 0 Å². The van der Waals surface area contributed by atoms with E-state index in [1.165, 1.54) is 38.2 Å². The maximum absolute atomic E-state index is 9.91. The van der Waals surface area contributed by atoms with Gasteiger partial charge in [0.15, 0.2) is 0 Å². The van der Waals surface area contributed by atoms with Gasteiger partial charge in [0.25, 0.3) is 0 Å². The Hall–Kier alpha value is -0.810. The zero-order valence-electron chi connectivity index (χ0n) is 16.8. The third-order valence-corrected chi connectivity index (χ3v) is 7.51. The molecule has 1 aromatic carbocycles. The number of benzene rings is 1. The van der Waals surface area contributed by atoms with Crippen LogP contribution in [-0.2, 0) is 0 Å². The Morgan fingerprint density at radius 3 is 2.48 bits per heavy atom. The predicted octanol–water partition coefficient (Wildman–Crippen LogP) is 3.19. The number of hydrogen-bond acceptors (Lipinski definition) is 4. The highest BCUT2D eigenvalue weighted by molar-refractivity contribution is 6.30. The highest BCUT2D eigenvalue weighted by Crippen LogP contribution is 2.62. The Labute approximate surface area is 169 Å². The summed E-state index contributed by atoms with van der Waals surface area (Å²) in [7, 11) is 0. The fourth-order valence-electron chi connectivity index (χ4n) is 6.03. The number of likely N-dealkylation sites (tertiary alicyclic amines) is 1. The minimum Gasteiger partial charge on any atom is -0.396 e. The third kappa shape index (κ3) is 3.87. The zero-order valence-corrected chi connectivity index (χ0v) is 17.6. The highest BCUT2D eigenvalue weighted by Gasteiger charge is 2.62. The number of aliphatic hydroxyl groups excluding tert-OH is 1. The molecule has 2 atom stereocenters. The van der Waals surface area contributed by atoms with Gasteiger partial charge >= 0.3 is 0 Å². The average molecular weight is 392 g/mol. The lowest BCUT2D eigenvalue weighted by Crippen LogP contribution is -2.54. The van der Waals surface area contributed by atoms with Gasteiger partial charge in [0, 0.05) is 55.4 Å². The van der Waals surface area contributed by atoms with E-state index in [9.17, 15) is 5.11 Å². The second-order valence-electron chi connectivity index (χ2n) is 9.64. The van der Waals surface area contributed by atoms with Crippen molar-refractivity contribution >= 4 is 17.3 Å². The Morgan fingerprint density at radius 1 is 1.11 bits per heavy atom. The molecule has 1 saturated carbocycles. The fourth-order valence-corrected chi connectivity index (χ4v) is 6.22. The number of rotatable bonds is 6. The van der Waals surface area contributed by atoms with E-state index in [0.717, 1.165) is 37.7 Å². The van der Waals surface area contributed by atoms with Gasteiger partial charge in [-0.05, 0) is 55.5 Å². The molecule has 0 spiro atoms. The quantitative estimate of drug-likeness (QED) is 0.806. The summed E-state index contributed by atoms with van der Waals surface area (Å²) >= 11 is 6.13. The Bertz CT molecular complexity index is 659. The Morgan fingerprint density at radius 2 is 1.85 bits per heavy atom. The molecule has 3 aliphatic rings. The summed E-state index contributed by atoms with van der Waals surface area (Å²) in [4.78, 5) is 7.64. The van der Waals surface area contributed by atoms with Crippen LogP contribution in [0.3, 0.4) is 0 Å². The minimum atomic E-state index is 0.200. The molecule has 150 valence electrons. The maximum Gasteiger partial charge on any atom is 0.0503 e. The largest absolute Gasteiger partial charge is 0.396 e. The second-order valence-corrected chi connectivity index (χ2v) is 10.1. The standard InChI is InChI=1S/C22H34ClN3O/c1-21(2)15-22(17-27)16-25(14-20(21)22)8-4-7-24-9-11-26(12-10-24)19-6-3-5-18(23)13-19/h3,5-6,13,20,27H,4,7-12,14-17H2,1-2H3/t20-,22-/m1/s1. The number of piperazine rings is 1. The monoisotopic (exact) mass is 391 g/mol. The van der Waals surface area contributed by atoms with Gasteiger partial charge in [-0.3, -0.25) is 4.90 Å². The van der Waals surface area contributed by atoms with Crippen LogP contribution in [0, 0.1) is 16.7 Å². The van der Waals surface area contributed by atoms with Gasteiger partial charge in [-0.25, -0.2) is 0 Å². The summed E-state index contributed by atoms with van der Waals surface area (Å²) in [5.41, 5.74) is 1.85. The number of hydrogen-bond donors (Lipinski definition) is 1. The molecular formula is C22H34ClN3O. The molecule has 2 heterocycles. The summed E-state index contributed by atoms with van der Waals surface area (Å²) < 4.78 is 0. The van der Waals surface area contributed by atoms with Crippen LogP contribution in [0.4, 0.5) is 5.69 Å². The Kier molecular flexibility index (Phi) is 5.45. The number of anilines is 1. The van der Waals surface area contributed by atoms with Crippen molar-refractivity contribution in [2.24, 2.45) is 16.7 Å². The highest BCUT2D eigenvalue weighted by atomic mass is 35.5. The summed E-state index contributed by atoms with van der Waals surface area (Å²) in [5, 5.41) is 10.7. The fraction of sp³-hybridized carbons (Fsp3) is 0.727. The van der Waals surface area contributed by atoms with Crippen molar-refractivity contribution in [3.8, 4) is 0 Å². The summed E-state index contributed by atoms with van der Waals surface area (Å²) in [6.07, 6.45) is 2.41. The summed E-state index contributed by atoms with van der Waals surface area (Å²) in [6.45, 7) is 14.1. The lowest BCUT2D eigenvalue weighted by molar-refractivity contribution is -0.0977. The number of halogens is 1. The first kappa shape index (κ1) is 19.5. The lowest BCUT2D eigenvalue weighted by atomic mass is 9.48. The van der Waals surface area contributed by atoms with Gasteiger partial charge in [-0.2, -0.15) is 0 Å². The average Bonchev–Trinajstić information content (AvgIpc) is 2.97. The molecule has 2 aliphatic heterocycles. The predicted molar refractivity (Wildman–Crippen MR) is 113 cm³/mol. The molecule has 1 N–H and O–H groups in total. The molecule has 0 aromatic heterocycles. The second kappa shape index (κ2) is 7.55. The van der Waals surface area contributed by atoms with Crippen molar-refractivity contribution in [2.75, 3.05) is 63.9 Å². The molecule has 27 heavy (non-hydrogen) atoms. The van der Waals surface area contributed by atoms with E-state index in [1.807, 2.05) is 12.1 Å². The van der Waals surface area contributed by atoms with Crippen molar-refractivity contribution in [2.45, 2.75) is 26.7 Å². The van der Waals surface area contributed by atoms with Gasteiger partial charge in [-0.15, -0.1) is 0 Å². The van der Waals surface area contributed by atoms with Crippen LogP contribution in [0.2, 0.25) is 5.02 Å². The molecule has 1 aliphatic carbocycles. The first-order chi connectivity index (χ1) is 12.9. The van der Waals surface area contributed by atoms with E-state index < -0.39 is 0 Å². The van der Waals surface area contributed by atoms with Crippen LogP contribution in [0.25, 0.3) is 0 Å². The van der Waals surface area contributed by atoms with Crippen molar-refractivity contribution < 1.29 is 5.11 Å². The van der Waals surface area contributed by atoms with E-state index in [2.05, 4.69) is 40.7 Å². The van der Waals surface area contributed by atoms with Gasteiger partial charge in [-0.1, -0.05) is 31.5 Å². The molecule has 3 fully saturated rings. The molecule has 0 amide bonds. The van der Waals surface area contributed by atoms with E-state index in [1.54, 1.807) is 0 Å². The smallest absolute Gasteiger partial charge is 0.0503 e. The van der Waals surface area contributed by atoms with Crippen LogP contribution < -0.4 is 4.90 Å². The van der Waals surface area contributed by atoms with Crippen LogP contribution in [0.1, 0.15) is 26.7 Å². The molecule has 1 aromatic rings. The molecule has 5 heteroatoms. The molecule has 0 unspecified atom stereocenters. The molecule has 4 rings (SSSR count). The van der Waals surface area contributed by atoms with Crippen LogP contribution in [-0.4, -0.2) is 73.9 Å². The third-order valence-electron chi connectivity index (χ3n) is 7.28. The maximum atomic E-state index is 9.91. The topological polar surface area (TPSA) is 30.0 Å². The van der Waals surface area contributed by atoms with E-state index in [0.29, 0.717) is 17.9 Å². The van der Waals surface area contributed by atoms with E-state index in [4.69, 9.17) is 11.6 Å². The molecule has 0 radical (unpaired) electrons. The van der Waals surface area contributed by atoms with Crippen molar-refractivity contribution in [1.29, 1.82) is 0 Å². The van der Waals surface area contributed by atoms with Gasteiger partial charge in [0.05, 0.1) is 6.61 Å². The van der Waals surface area contributed by atoms with Gasteiger partial charge in [0.2, 0.25) is 0 Å². The van der Waals surface area contributed by atoms with Crippen molar-refractivity contribution in [1.82, 2.24) is 9.80 Å². The first-order valence-corrected chi connectivity index (χ1v) is 10.9. The van der Waals surface area contributed by atoms with E-state index in [-0.39, 0.29) is 5.41 Å². The zero-order chi connectivity index (χ0) is 19.1. The summed E-state index contributed by atoms with van der Waals surface area (Å²) in [5.74, 6) is 0.677. The van der Waals surface area contributed by atoms with Crippen LogP contribution in [0.15, 0.2) is 24.3 Å². The summed E-state index contributed by atoms with van der Waals surface area (Å²) in [6, 6.07) is 8.20. The SMILES string of the molecule is CC1(C)C[C@]2(CO)CN(CCCN3CCN(c4cccc(Cl)c4)CC3)C[C@H]12. The van der Waals surface area contributed by atoms with Crippen molar-refractivity contribution in [3.05, 3.63) is 29.3 Å². The Balaban J connectivity index is 1.19. The van der Waals surface area contributed by atoms with Crippen LogP contribution >= 0.6 is 11.6 Å². The van der Waals surface area contributed by atoms with Gasteiger partial charge < -0.3 is 14.9 Å². The molecular weight excluding hydrogens is 358 g/mol.